The molecule has 1 aromatic carbocycles. The molecule has 20 heavy (non-hydrogen) atoms. The van der Waals surface area contributed by atoms with E-state index < -0.39 is 0 Å². The summed E-state index contributed by atoms with van der Waals surface area (Å²) in [4.78, 5) is 5.61. The molecule has 0 bridgehead atoms. The summed E-state index contributed by atoms with van der Waals surface area (Å²) in [5.41, 5.74) is 4.69. The first-order chi connectivity index (χ1) is 9.83. The first kappa shape index (κ1) is 12.9. The molecule has 3 rings (SSSR count). The molecule has 0 aliphatic carbocycles. The normalized spacial score (nSPS) is 10.4. The third-order valence-corrected chi connectivity index (χ3v) is 4.16. The number of hydrogen-bond donors (Lipinski definition) is 1. The van der Waals surface area contributed by atoms with E-state index in [-0.39, 0.29) is 0 Å². The highest BCUT2D eigenvalue weighted by Gasteiger charge is 2.03. The fourth-order valence-corrected chi connectivity index (χ4v) is 2.94. The molecule has 2 aromatic heterocycles. The molecule has 3 aromatic rings. The number of aromatic nitrogens is 1. The van der Waals surface area contributed by atoms with E-state index >= 15 is 0 Å². The number of rotatable bonds is 4. The number of anilines is 1. The van der Waals surface area contributed by atoms with Crippen LogP contribution in [0.25, 0.3) is 11.1 Å². The van der Waals surface area contributed by atoms with Gasteiger partial charge in [0.25, 0.3) is 0 Å². The standard InChI is InChI=1S/C17H16N2S/c1-13-17(8-5-9-18-13)19-11-16-10-15(12-20-16)14-6-3-2-4-7-14/h2-10,12,19H,11H2,1H3. The van der Waals surface area contributed by atoms with Gasteiger partial charge in [0.1, 0.15) is 0 Å². The van der Waals surface area contributed by atoms with Crippen molar-refractivity contribution in [3.8, 4) is 11.1 Å². The Balaban J connectivity index is 1.71. The molecule has 0 spiro atoms. The molecular weight excluding hydrogens is 264 g/mol. The molecule has 2 heterocycles. The van der Waals surface area contributed by atoms with Crippen molar-refractivity contribution in [1.29, 1.82) is 0 Å². The average molecular weight is 280 g/mol. The molecule has 0 saturated carbocycles. The second-order valence-electron chi connectivity index (χ2n) is 4.66. The summed E-state index contributed by atoms with van der Waals surface area (Å²) in [7, 11) is 0. The number of benzene rings is 1. The van der Waals surface area contributed by atoms with Gasteiger partial charge in [-0.1, -0.05) is 30.3 Å². The Morgan fingerprint density at radius 3 is 2.70 bits per heavy atom. The Labute approximate surface area is 123 Å². The molecule has 0 atom stereocenters. The van der Waals surface area contributed by atoms with Gasteiger partial charge in [0.15, 0.2) is 0 Å². The van der Waals surface area contributed by atoms with Crippen molar-refractivity contribution < 1.29 is 0 Å². The number of nitrogens with zero attached hydrogens (tertiary/aromatic N) is 1. The zero-order valence-corrected chi connectivity index (χ0v) is 12.2. The molecule has 0 fully saturated rings. The maximum atomic E-state index is 4.29. The molecule has 0 aliphatic heterocycles. The van der Waals surface area contributed by atoms with E-state index in [2.05, 4.69) is 52.1 Å². The summed E-state index contributed by atoms with van der Waals surface area (Å²) in [6.45, 7) is 2.86. The van der Waals surface area contributed by atoms with Crippen LogP contribution < -0.4 is 5.32 Å². The van der Waals surface area contributed by atoms with Crippen molar-refractivity contribution in [2.75, 3.05) is 5.32 Å². The van der Waals surface area contributed by atoms with Crippen LogP contribution >= 0.6 is 11.3 Å². The highest BCUT2D eigenvalue weighted by atomic mass is 32.1. The number of thiophene rings is 1. The molecule has 2 nitrogen and oxygen atoms in total. The molecular formula is C17H16N2S. The van der Waals surface area contributed by atoms with Gasteiger partial charge in [-0.2, -0.15) is 0 Å². The maximum Gasteiger partial charge on any atom is 0.0603 e. The summed E-state index contributed by atoms with van der Waals surface area (Å²) in [6.07, 6.45) is 1.82. The van der Waals surface area contributed by atoms with Gasteiger partial charge in [0, 0.05) is 17.6 Å². The van der Waals surface area contributed by atoms with E-state index in [0.29, 0.717) is 0 Å². The van der Waals surface area contributed by atoms with E-state index in [0.717, 1.165) is 17.9 Å². The molecule has 0 aliphatic rings. The van der Waals surface area contributed by atoms with Crippen LogP contribution in [0.5, 0.6) is 0 Å². The minimum atomic E-state index is 0.837. The van der Waals surface area contributed by atoms with Crippen LogP contribution in [-0.2, 0) is 6.54 Å². The van der Waals surface area contributed by atoms with E-state index in [9.17, 15) is 0 Å². The van der Waals surface area contributed by atoms with Crippen molar-refractivity contribution in [3.63, 3.8) is 0 Å². The average Bonchev–Trinajstić information content (AvgIpc) is 2.96. The van der Waals surface area contributed by atoms with Gasteiger partial charge in [-0.25, -0.2) is 0 Å². The highest BCUT2D eigenvalue weighted by molar-refractivity contribution is 7.10. The zero-order valence-electron chi connectivity index (χ0n) is 11.3. The largest absolute Gasteiger partial charge is 0.379 e. The molecule has 1 N–H and O–H groups in total. The van der Waals surface area contributed by atoms with E-state index in [1.54, 1.807) is 11.3 Å². The Kier molecular flexibility index (Phi) is 3.79. The Hall–Kier alpha value is -2.13. The summed E-state index contributed by atoms with van der Waals surface area (Å²) in [5.74, 6) is 0. The molecule has 100 valence electrons. The van der Waals surface area contributed by atoms with Crippen molar-refractivity contribution in [3.05, 3.63) is 70.7 Å². The Bertz CT molecular complexity index is 689. The van der Waals surface area contributed by atoms with Crippen LogP contribution in [0, 0.1) is 6.92 Å². The number of aryl methyl sites for hydroxylation is 1. The van der Waals surface area contributed by atoms with Gasteiger partial charge in [-0.05, 0) is 41.6 Å². The summed E-state index contributed by atoms with van der Waals surface area (Å²) >= 11 is 1.79. The molecule has 0 amide bonds. The first-order valence-corrected chi connectivity index (χ1v) is 7.49. The summed E-state index contributed by atoms with van der Waals surface area (Å²) in [5, 5.41) is 5.65. The van der Waals surface area contributed by atoms with Crippen LogP contribution in [0.15, 0.2) is 60.1 Å². The van der Waals surface area contributed by atoms with Crippen LogP contribution in [0.4, 0.5) is 5.69 Å². The van der Waals surface area contributed by atoms with Crippen LogP contribution in [-0.4, -0.2) is 4.98 Å². The van der Waals surface area contributed by atoms with E-state index in [4.69, 9.17) is 0 Å². The lowest BCUT2D eigenvalue weighted by atomic mass is 10.1. The molecule has 0 saturated heterocycles. The summed E-state index contributed by atoms with van der Waals surface area (Å²) < 4.78 is 0. The van der Waals surface area contributed by atoms with Gasteiger partial charge >= 0.3 is 0 Å². The van der Waals surface area contributed by atoms with E-state index in [1.807, 2.05) is 25.3 Å². The van der Waals surface area contributed by atoms with Gasteiger partial charge in [0.05, 0.1) is 11.4 Å². The van der Waals surface area contributed by atoms with Crippen molar-refractivity contribution in [2.24, 2.45) is 0 Å². The minimum Gasteiger partial charge on any atom is -0.379 e. The lowest BCUT2D eigenvalue weighted by Gasteiger charge is -2.06. The topological polar surface area (TPSA) is 24.9 Å². The number of hydrogen-bond acceptors (Lipinski definition) is 3. The predicted molar refractivity (Wildman–Crippen MR) is 86.1 cm³/mol. The molecule has 0 unspecified atom stereocenters. The van der Waals surface area contributed by atoms with Gasteiger partial charge < -0.3 is 5.32 Å². The molecule has 3 heteroatoms. The maximum absolute atomic E-state index is 4.29. The second-order valence-corrected chi connectivity index (χ2v) is 5.65. The fourth-order valence-electron chi connectivity index (χ4n) is 2.11. The second kappa shape index (κ2) is 5.88. The Morgan fingerprint density at radius 1 is 1.05 bits per heavy atom. The number of pyridine rings is 1. The first-order valence-electron chi connectivity index (χ1n) is 6.61. The molecule has 0 radical (unpaired) electrons. The Morgan fingerprint density at radius 2 is 1.90 bits per heavy atom. The quantitative estimate of drug-likeness (QED) is 0.747. The third kappa shape index (κ3) is 2.89. The third-order valence-electron chi connectivity index (χ3n) is 3.22. The smallest absolute Gasteiger partial charge is 0.0603 e. The lowest BCUT2D eigenvalue weighted by Crippen LogP contribution is -2.00. The predicted octanol–water partition coefficient (Wildman–Crippen LogP) is 4.73. The van der Waals surface area contributed by atoms with Gasteiger partial charge in [0.2, 0.25) is 0 Å². The lowest BCUT2D eigenvalue weighted by molar-refractivity contribution is 1.13. The van der Waals surface area contributed by atoms with Crippen molar-refractivity contribution >= 4 is 17.0 Å². The van der Waals surface area contributed by atoms with Crippen LogP contribution in [0.3, 0.4) is 0 Å². The summed E-state index contributed by atoms with van der Waals surface area (Å²) in [6, 6.07) is 16.7. The van der Waals surface area contributed by atoms with E-state index in [1.165, 1.54) is 16.0 Å². The number of nitrogens with one attached hydrogen (secondary N) is 1. The van der Waals surface area contributed by atoms with Crippen molar-refractivity contribution in [1.82, 2.24) is 4.98 Å². The van der Waals surface area contributed by atoms with Crippen LogP contribution in [0.1, 0.15) is 10.6 Å². The van der Waals surface area contributed by atoms with Crippen molar-refractivity contribution in [2.45, 2.75) is 13.5 Å². The van der Waals surface area contributed by atoms with Crippen LogP contribution in [0.2, 0.25) is 0 Å². The zero-order chi connectivity index (χ0) is 13.8. The fraction of sp³-hybridized carbons (Fsp3) is 0.118. The minimum absolute atomic E-state index is 0.837. The highest BCUT2D eigenvalue weighted by Crippen LogP contribution is 2.26. The van der Waals surface area contributed by atoms with Gasteiger partial charge in [-0.15, -0.1) is 11.3 Å². The monoisotopic (exact) mass is 280 g/mol. The SMILES string of the molecule is Cc1ncccc1NCc1cc(-c2ccccc2)cs1. The van der Waals surface area contributed by atoms with Gasteiger partial charge in [-0.3, -0.25) is 4.98 Å².